The van der Waals surface area contributed by atoms with Crippen molar-refractivity contribution in [1.29, 1.82) is 0 Å². The van der Waals surface area contributed by atoms with Crippen LogP contribution in [0.25, 0.3) is 0 Å². The molecule has 1 aromatic rings. The number of hydrogen-bond donors (Lipinski definition) is 1. The van der Waals surface area contributed by atoms with Crippen molar-refractivity contribution < 1.29 is 5.11 Å². The monoisotopic (exact) mass is 186 g/mol. The Labute approximate surface area is 76.6 Å². The van der Waals surface area contributed by atoms with Gasteiger partial charge in [0.15, 0.2) is 0 Å². The lowest BCUT2D eigenvalue weighted by molar-refractivity contribution is 0.169. The Morgan fingerprint density at radius 2 is 2.17 bits per heavy atom. The van der Waals surface area contributed by atoms with E-state index in [0.717, 1.165) is 17.3 Å². The summed E-state index contributed by atoms with van der Waals surface area (Å²) in [5.41, 5.74) is 0. The molecule has 0 aliphatic carbocycles. The lowest BCUT2D eigenvalue weighted by atomic mass is 10.1. The normalized spacial score (nSPS) is 16.0. The van der Waals surface area contributed by atoms with Gasteiger partial charge in [0.1, 0.15) is 10.8 Å². The number of aromatic nitrogens is 2. The highest BCUT2D eigenvalue weighted by atomic mass is 32.1. The van der Waals surface area contributed by atoms with Crippen molar-refractivity contribution in [3.8, 4) is 0 Å². The molecule has 0 amide bonds. The van der Waals surface area contributed by atoms with Crippen molar-refractivity contribution in [2.75, 3.05) is 0 Å². The summed E-state index contributed by atoms with van der Waals surface area (Å²) < 4.78 is 4.16. The van der Waals surface area contributed by atoms with Crippen LogP contribution in [0.4, 0.5) is 0 Å². The Hall–Kier alpha value is -0.480. The zero-order valence-electron chi connectivity index (χ0n) is 7.61. The molecule has 0 spiro atoms. The minimum absolute atomic E-state index is 0.0998. The Morgan fingerprint density at radius 3 is 2.58 bits per heavy atom. The first-order valence-electron chi connectivity index (χ1n) is 4.15. The molecule has 1 heterocycles. The second-order valence-electron chi connectivity index (χ2n) is 2.93. The fourth-order valence-electron chi connectivity index (χ4n) is 0.802. The molecule has 1 rings (SSSR count). The number of aryl methyl sites for hydroxylation is 1. The molecule has 2 atom stereocenters. The third-order valence-electron chi connectivity index (χ3n) is 1.91. The molecule has 0 aliphatic rings. The van der Waals surface area contributed by atoms with Crippen LogP contribution in [0, 0.1) is 0 Å². The van der Waals surface area contributed by atoms with Crippen molar-refractivity contribution in [3.05, 3.63) is 10.8 Å². The summed E-state index contributed by atoms with van der Waals surface area (Å²) in [5.74, 6) is 0.977. The van der Waals surface area contributed by atoms with Crippen LogP contribution in [0.3, 0.4) is 0 Å². The predicted molar refractivity (Wildman–Crippen MR) is 49.4 cm³/mol. The minimum atomic E-state index is -0.345. The quantitative estimate of drug-likeness (QED) is 0.779. The van der Waals surface area contributed by atoms with Gasteiger partial charge in [-0.05, 0) is 18.5 Å². The van der Waals surface area contributed by atoms with Gasteiger partial charge in [0.2, 0.25) is 0 Å². The van der Waals surface area contributed by atoms with Gasteiger partial charge in [0, 0.05) is 12.3 Å². The Bertz CT molecular complexity index is 247. The molecule has 68 valence electrons. The fraction of sp³-hybridized carbons (Fsp3) is 0.750. The molecule has 1 N–H and O–H groups in total. The molecule has 0 saturated heterocycles. The van der Waals surface area contributed by atoms with Crippen molar-refractivity contribution >= 4 is 11.5 Å². The van der Waals surface area contributed by atoms with Gasteiger partial charge in [-0.1, -0.05) is 13.8 Å². The molecule has 0 bridgehead atoms. The Kier molecular flexibility index (Phi) is 3.17. The van der Waals surface area contributed by atoms with Gasteiger partial charge in [-0.25, -0.2) is 4.98 Å². The molecule has 1 aromatic heterocycles. The first-order valence-corrected chi connectivity index (χ1v) is 4.93. The fourth-order valence-corrected chi connectivity index (χ4v) is 1.68. The number of rotatable bonds is 3. The zero-order chi connectivity index (χ0) is 9.14. The minimum Gasteiger partial charge on any atom is -0.393 e. The molecule has 0 aromatic carbocycles. The SMILES string of the molecule is CCc1nsc(C(C)C(C)O)n1. The first-order chi connectivity index (χ1) is 5.65. The highest BCUT2D eigenvalue weighted by molar-refractivity contribution is 7.05. The van der Waals surface area contributed by atoms with Crippen LogP contribution < -0.4 is 0 Å². The van der Waals surface area contributed by atoms with Gasteiger partial charge in [0.05, 0.1) is 6.10 Å². The molecular formula is C8H14N2OS. The summed E-state index contributed by atoms with van der Waals surface area (Å²) in [6, 6.07) is 0. The predicted octanol–water partition coefficient (Wildman–Crippen LogP) is 1.58. The van der Waals surface area contributed by atoms with Crippen LogP contribution in [0.1, 0.15) is 37.5 Å². The topological polar surface area (TPSA) is 46.0 Å². The second kappa shape index (κ2) is 3.96. The molecule has 0 fully saturated rings. The van der Waals surface area contributed by atoms with E-state index >= 15 is 0 Å². The van der Waals surface area contributed by atoms with E-state index in [-0.39, 0.29) is 12.0 Å². The molecule has 0 aliphatic heterocycles. The number of hydrogen-bond acceptors (Lipinski definition) is 4. The first kappa shape index (κ1) is 9.61. The number of aliphatic hydroxyl groups is 1. The summed E-state index contributed by atoms with van der Waals surface area (Å²) in [6.45, 7) is 5.77. The zero-order valence-corrected chi connectivity index (χ0v) is 8.43. The van der Waals surface area contributed by atoms with Gasteiger partial charge >= 0.3 is 0 Å². The lowest BCUT2D eigenvalue weighted by Crippen LogP contribution is -2.10. The third-order valence-corrected chi connectivity index (χ3v) is 2.87. The van der Waals surface area contributed by atoms with E-state index in [2.05, 4.69) is 9.36 Å². The van der Waals surface area contributed by atoms with E-state index in [4.69, 9.17) is 0 Å². The van der Waals surface area contributed by atoms with Gasteiger partial charge in [0.25, 0.3) is 0 Å². The highest BCUT2D eigenvalue weighted by Gasteiger charge is 2.15. The van der Waals surface area contributed by atoms with Gasteiger partial charge < -0.3 is 5.11 Å². The van der Waals surface area contributed by atoms with E-state index < -0.39 is 0 Å². The van der Waals surface area contributed by atoms with Gasteiger partial charge in [-0.3, -0.25) is 0 Å². The molecule has 2 unspecified atom stereocenters. The van der Waals surface area contributed by atoms with E-state index in [1.807, 2.05) is 13.8 Å². The van der Waals surface area contributed by atoms with E-state index in [0.29, 0.717) is 0 Å². The highest BCUT2D eigenvalue weighted by Crippen LogP contribution is 2.20. The van der Waals surface area contributed by atoms with Crippen molar-refractivity contribution in [1.82, 2.24) is 9.36 Å². The van der Waals surface area contributed by atoms with Crippen LogP contribution in [0.15, 0.2) is 0 Å². The maximum Gasteiger partial charge on any atom is 0.142 e. The van der Waals surface area contributed by atoms with Crippen LogP contribution in [0.2, 0.25) is 0 Å². The van der Waals surface area contributed by atoms with Crippen LogP contribution in [-0.2, 0) is 6.42 Å². The van der Waals surface area contributed by atoms with Gasteiger partial charge in [-0.15, -0.1) is 0 Å². The third kappa shape index (κ3) is 2.01. The largest absolute Gasteiger partial charge is 0.393 e. The van der Waals surface area contributed by atoms with Crippen LogP contribution in [-0.4, -0.2) is 20.6 Å². The molecular weight excluding hydrogens is 172 g/mol. The van der Waals surface area contributed by atoms with E-state index in [1.54, 1.807) is 6.92 Å². The van der Waals surface area contributed by atoms with Crippen LogP contribution in [0.5, 0.6) is 0 Å². The molecule has 0 radical (unpaired) electrons. The van der Waals surface area contributed by atoms with Crippen molar-refractivity contribution in [2.24, 2.45) is 0 Å². The summed E-state index contributed by atoms with van der Waals surface area (Å²) in [4.78, 5) is 4.30. The summed E-state index contributed by atoms with van der Waals surface area (Å²) in [6.07, 6.45) is 0.519. The number of aliphatic hydroxyl groups excluding tert-OH is 1. The Morgan fingerprint density at radius 1 is 1.50 bits per heavy atom. The van der Waals surface area contributed by atoms with Gasteiger partial charge in [-0.2, -0.15) is 4.37 Å². The molecule has 12 heavy (non-hydrogen) atoms. The molecule has 3 nitrogen and oxygen atoms in total. The average Bonchev–Trinajstić information content (AvgIpc) is 2.50. The smallest absolute Gasteiger partial charge is 0.142 e. The Balaban J connectivity index is 2.74. The standard InChI is InChI=1S/C8H14N2OS/c1-4-7-9-8(12-10-7)5(2)6(3)11/h5-6,11H,4H2,1-3H3. The maximum absolute atomic E-state index is 9.30. The summed E-state index contributed by atoms with van der Waals surface area (Å²) >= 11 is 1.39. The van der Waals surface area contributed by atoms with Crippen molar-refractivity contribution in [3.63, 3.8) is 0 Å². The lowest BCUT2D eigenvalue weighted by Gasteiger charge is -2.09. The van der Waals surface area contributed by atoms with Crippen LogP contribution >= 0.6 is 11.5 Å². The summed E-state index contributed by atoms with van der Waals surface area (Å²) in [7, 11) is 0. The summed E-state index contributed by atoms with van der Waals surface area (Å²) in [5, 5.41) is 10.2. The second-order valence-corrected chi connectivity index (χ2v) is 3.72. The average molecular weight is 186 g/mol. The number of nitrogens with zero attached hydrogens (tertiary/aromatic N) is 2. The molecule has 4 heteroatoms. The van der Waals surface area contributed by atoms with Crippen molar-refractivity contribution in [2.45, 2.75) is 39.2 Å². The maximum atomic E-state index is 9.30. The molecule has 0 saturated carbocycles. The van der Waals surface area contributed by atoms with E-state index in [1.165, 1.54) is 11.5 Å². The van der Waals surface area contributed by atoms with E-state index in [9.17, 15) is 5.11 Å².